The van der Waals surface area contributed by atoms with E-state index in [0.29, 0.717) is 11.1 Å². The molecule has 0 aromatic heterocycles. The lowest BCUT2D eigenvalue weighted by molar-refractivity contribution is 0.0696. The molecular weight excluding hydrogens is 312 g/mol. The number of carboxylic acids is 1. The first-order valence-corrected chi connectivity index (χ1v) is 7.85. The Balaban J connectivity index is 1.72. The van der Waals surface area contributed by atoms with Crippen molar-refractivity contribution >= 4 is 23.9 Å². The second-order valence-electron chi connectivity index (χ2n) is 5.58. The van der Waals surface area contributed by atoms with Crippen LogP contribution in [-0.4, -0.2) is 16.9 Å². The summed E-state index contributed by atoms with van der Waals surface area (Å²) in [6.45, 7) is 0. The van der Waals surface area contributed by atoms with Gasteiger partial charge in [-0.25, -0.2) is 4.79 Å². The number of benzene rings is 3. The first kappa shape index (κ1) is 16.4. The average molecular weight is 328 g/mol. The van der Waals surface area contributed by atoms with Crippen LogP contribution in [0, 0.1) is 0 Å². The number of hydrogen-bond acceptors (Lipinski definition) is 2. The normalized spacial score (nSPS) is 10.7. The van der Waals surface area contributed by atoms with Crippen LogP contribution in [0.4, 0.5) is 0 Å². The van der Waals surface area contributed by atoms with Gasteiger partial charge in [-0.2, -0.15) is 0 Å². The summed E-state index contributed by atoms with van der Waals surface area (Å²) in [5.41, 5.74) is 3.46. The number of aromatic carboxylic acids is 1. The van der Waals surface area contributed by atoms with E-state index in [1.165, 1.54) is 0 Å². The molecule has 0 radical (unpaired) electrons. The van der Waals surface area contributed by atoms with Crippen LogP contribution in [0.3, 0.4) is 0 Å². The SMILES string of the molecule is O=C(O)c1ccc(C=Cc2ccc(C(=O)c3ccccc3)cc2)cc1. The fourth-order valence-electron chi connectivity index (χ4n) is 2.43. The average Bonchev–Trinajstić information content (AvgIpc) is 2.67. The smallest absolute Gasteiger partial charge is 0.335 e. The molecule has 3 heteroatoms. The summed E-state index contributed by atoms with van der Waals surface area (Å²) in [6.07, 6.45) is 3.83. The number of carbonyl (C=O) groups excluding carboxylic acids is 1. The lowest BCUT2D eigenvalue weighted by Crippen LogP contribution is -2.00. The molecule has 25 heavy (non-hydrogen) atoms. The van der Waals surface area contributed by atoms with Crippen molar-refractivity contribution in [1.29, 1.82) is 0 Å². The predicted molar refractivity (Wildman–Crippen MR) is 98.6 cm³/mol. The highest BCUT2D eigenvalue weighted by Gasteiger charge is 2.07. The summed E-state index contributed by atoms with van der Waals surface area (Å²) < 4.78 is 0. The Bertz CT molecular complexity index is 906. The molecule has 3 nitrogen and oxygen atoms in total. The zero-order chi connectivity index (χ0) is 17.6. The third kappa shape index (κ3) is 4.09. The van der Waals surface area contributed by atoms with Gasteiger partial charge < -0.3 is 5.11 Å². The summed E-state index contributed by atoms with van der Waals surface area (Å²) in [5, 5.41) is 8.89. The van der Waals surface area contributed by atoms with E-state index in [1.807, 2.05) is 54.6 Å². The van der Waals surface area contributed by atoms with Gasteiger partial charge in [0.1, 0.15) is 0 Å². The maximum Gasteiger partial charge on any atom is 0.335 e. The van der Waals surface area contributed by atoms with Crippen LogP contribution in [0.5, 0.6) is 0 Å². The van der Waals surface area contributed by atoms with E-state index in [-0.39, 0.29) is 11.3 Å². The van der Waals surface area contributed by atoms with Crippen LogP contribution in [0.2, 0.25) is 0 Å². The van der Waals surface area contributed by atoms with E-state index >= 15 is 0 Å². The first-order chi connectivity index (χ1) is 12.1. The van der Waals surface area contributed by atoms with Crippen molar-refractivity contribution in [3.05, 3.63) is 107 Å². The third-order valence-corrected chi connectivity index (χ3v) is 3.83. The minimum absolute atomic E-state index is 0.000360. The van der Waals surface area contributed by atoms with Gasteiger partial charge in [0.05, 0.1) is 5.56 Å². The molecule has 0 aliphatic rings. The molecule has 0 saturated heterocycles. The van der Waals surface area contributed by atoms with Crippen LogP contribution >= 0.6 is 0 Å². The van der Waals surface area contributed by atoms with E-state index in [0.717, 1.165) is 11.1 Å². The number of rotatable bonds is 5. The highest BCUT2D eigenvalue weighted by molar-refractivity contribution is 6.09. The second-order valence-corrected chi connectivity index (χ2v) is 5.58. The Morgan fingerprint density at radius 2 is 1.04 bits per heavy atom. The molecule has 3 aromatic carbocycles. The minimum atomic E-state index is -0.936. The number of ketones is 1. The van der Waals surface area contributed by atoms with Gasteiger partial charge in [-0.15, -0.1) is 0 Å². The Kier molecular flexibility index (Phi) is 4.86. The minimum Gasteiger partial charge on any atom is -0.478 e. The third-order valence-electron chi connectivity index (χ3n) is 3.83. The maximum absolute atomic E-state index is 12.4. The van der Waals surface area contributed by atoms with Crippen molar-refractivity contribution in [3.8, 4) is 0 Å². The summed E-state index contributed by atoms with van der Waals surface area (Å²) in [6, 6.07) is 23.2. The van der Waals surface area contributed by atoms with Crippen molar-refractivity contribution in [1.82, 2.24) is 0 Å². The molecule has 122 valence electrons. The van der Waals surface area contributed by atoms with Gasteiger partial charge in [0.15, 0.2) is 5.78 Å². The molecule has 0 aliphatic heterocycles. The van der Waals surface area contributed by atoms with Gasteiger partial charge in [0, 0.05) is 11.1 Å². The number of carboxylic acid groups (broad SMARTS) is 1. The molecule has 0 spiro atoms. The molecule has 0 heterocycles. The molecule has 0 aliphatic carbocycles. The van der Waals surface area contributed by atoms with Gasteiger partial charge in [0.2, 0.25) is 0 Å². The highest BCUT2D eigenvalue weighted by atomic mass is 16.4. The van der Waals surface area contributed by atoms with Crippen LogP contribution < -0.4 is 0 Å². The van der Waals surface area contributed by atoms with Crippen molar-refractivity contribution in [3.63, 3.8) is 0 Å². The molecule has 0 unspecified atom stereocenters. The lowest BCUT2D eigenvalue weighted by Gasteiger charge is -2.02. The van der Waals surface area contributed by atoms with Gasteiger partial charge in [0.25, 0.3) is 0 Å². The molecule has 1 N–H and O–H groups in total. The molecular formula is C22H16O3. The summed E-state index contributed by atoms with van der Waals surface area (Å²) in [4.78, 5) is 23.2. The second kappa shape index (κ2) is 7.41. The Labute approximate surface area is 145 Å². The lowest BCUT2D eigenvalue weighted by atomic mass is 10.0. The number of hydrogen-bond donors (Lipinski definition) is 1. The molecule has 0 fully saturated rings. The van der Waals surface area contributed by atoms with E-state index in [1.54, 1.807) is 36.4 Å². The van der Waals surface area contributed by atoms with Crippen LogP contribution in [0.1, 0.15) is 37.4 Å². The standard InChI is InChI=1S/C22H16O3/c23-21(18-4-2-1-3-5-18)19-12-8-16(9-13-19)6-7-17-10-14-20(15-11-17)22(24)25/h1-15H,(H,24,25). The quantitative estimate of drug-likeness (QED) is 0.541. The summed E-state index contributed by atoms with van der Waals surface area (Å²) >= 11 is 0. The van der Waals surface area contributed by atoms with Crippen LogP contribution in [0.15, 0.2) is 78.9 Å². The van der Waals surface area contributed by atoms with Gasteiger partial charge in [-0.05, 0) is 23.3 Å². The number of carbonyl (C=O) groups is 2. The largest absolute Gasteiger partial charge is 0.478 e. The Hall–Kier alpha value is -3.46. The predicted octanol–water partition coefficient (Wildman–Crippen LogP) is 4.79. The first-order valence-electron chi connectivity index (χ1n) is 7.85. The molecule has 0 saturated carbocycles. The van der Waals surface area contributed by atoms with Crippen molar-refractivity contribution in [2.75, 3.05) is 0 Å². The fraction of sp³-hybridized carbons (Fsp3) is 0. The molecule has 3 rings (SSSR count). The highest BCUT2D eigenvalue weighted by Crippen LogP contribution is 2.14. The van der Waals surface area contributed by atoms with Crippen LogP contribution in [0.25, 0.3) is 12.2 Å². The monoisotopic (exact) mass is 328 g/mol. The zero-order valence-electron chi connectivity index (χ0n) is 13.4. The molecule has 0 atom stereocenters. The fourth-order valence-corrected chi connectivity index (χ4v) is 2.43. The van der Waals surface area contributed by atoms with Crippen molar-refractivity contribution in [2.45, 2.75) is 0 Å². The summed E-state index contributed by atoms with van der Waals surface area (Å²) in [7, 11) is 0. The maximum atomic E-state index is 12.4. The van der Waals surface area contributed by atoms with E-state index in [9.17, 15) is 9.59 Å². The van der Waals surface area contributed by atoms with Crippen molar-refractivity contribution in [2.24, 2.45) is 0 Å². The molecule has 0 bridgehead atoms. The topological polar surface area (TPSA) is 54.4 Å². The summed E-state index contributed by atoms with van der Waals surface area (Å²) in [5.74, 6) is -0.936. The van der Waals surface area contributed by atoms with E-state index in [2.05, 4.69) is 0 Å². The van der Waals surface area contributed by atoms with Gasteiger partial charge in [-0.3, -0.25) is 4.79 Å². The van der Waals surface area contributed by atoms with Crippen molar-refractivity contribution < 1.29 is 14.7 Å². The van der Waals surface area contributed by atoms with Crippen LogP contribution in [-0.2, 0) is 0 Å². The van der Waals surface area contributed by atoms with Gasteiger partial charge >= 0.3 is 5.97 Å². The van der Waals surface area contributed by atoms with E-state index in [4.69, 9.17) is 5.11 Å². The van der Waals surface area contributed by atoms with E-state index < -0.39 is 5.97 Å². The molecule has 3 aromatic rings. The van der Waals surface area contributed by atoms with Gasteiger partial charge in [-0.1, -0.05) is 78.9 Å². The Morgan fingerprint density at radius 3 is 1.52 bits per heavy atom. The molecule has 0 amide bonds. The zero-order valence-corrected chi connectivity index (χ0v) is 13.4. The Morgan fingerprint density at radius 1 is 0.600 bits per heavy atom.